The van der Waals surface area contributed by atoms with E-state index < -0.39 is 0 Å². The van der Waals surface area contributed by atoms with Gasteiger partial charge in [-0.15, -0.1) is 0 Å². The number of hydrogen-bond acceptors (Lipinski definition) is 4. The molecule has 5 nitrogen and oxygen atoms in total. The van der Waals surface area contributed by atoms with E-state index in [1.54, 1.807) is 6.92 Å². The number of aromatic nitrogens is 1. The SMILES string of the molecule is Cc1onc(-c2ccc(Br)cc2)c1C(=O)N1CCN(c2ccc(Cl)cc2)CC1. The Balaban J connectivity index is 1.51. The first-order valence-corrected chi connectivity index (χ1v) is 10.2. The molecule has 2 aromatic carbocycles. The van der Waals surface area contributed by atoms with Gasteiger partial charge in [0.15, 0.2) is 0 Å². The average Bonchev–Trinajstić information content (AvgIpc) is 3.10. The van der Waals surface area contributed by atoms with Gasteiger partial charge >= 0.3 is 0 Å². The second-order valence-electron chi connectivity index (χ2n) is 6.72. The molecule has 2 heterocycles. The molecule has 1 aromatic heterocycles. The Morgan fingerprint density at radius 2 is 1.68 bits per heavy atom. The third-order valence-electron chi connectivity index (χ3n) is 4.95. The van der Waals surface area contributed by atoms with Crippen LogP contribution in [0.5, 0.6) is 0 Å². The summed E-state index contributed by atoms with van der Waals surface area (Å²) in [6.07, 6.45) is 0. The van der Waals surface area contributed by atoms with E-state index in [0.29, 0.717) is 30.1 Å². The molecule has 0 N–H and O–H groups in total. The van der Waals surface area contributed by atoms with Crippen LogP contribution < -0.4 is 4.90 Å². The number of hydrogen-bond donors (Lipinski definition) is 0. The van der Waals surface area contributed by atoms with Gasteiger partial charge in [0.05, 0.1) is 0 Å². The van der Waals surface area contributed by atoms with Gasteiger partial charge in [-0.05, 0) is 43.3 Å². The number of piperazine rings is 1. The van der Waals surface area contributed by atoms with Crippen molar-refractivity contribution in [2.75, 3.05) is 31.1 Å². The van der Waals surface area contributed by atoms with Gasteiger partial charge in [-0.25, -0.2) is 0 Å². The van der Waals surface area contributed by atoms with Crippen molar-refractivity contribution in [2.24, 2.45) is 0 Å². The highest BCUT2D eigenvalue weighted by molar-refractivity contribution is 9.10. The number of amides is 1. The lowest BCUT2D eigenvalue weighted by atomic mass is 10.0. The van der Waals surface area contributed by atoms with E-state index in [1.807, 2.05) is 53.4 Å². The normalized spacial score (nSPS) is 14.4. The first-order chi connectivity index (χ1) is 13.5. The van der Waals surface area contributed by atoms with Gasteiger partial charge < -0.3 is 14.3 Å². The summed E-state index contributed by atoms with van der Waals surface area (Å²) in [5.41, 5.74) is 3.12. The minimum atomic E-state index is -0.0348. The first-order valence-electron chi connectivity index (χ1n) is 9.05. The van der Waals surface area contributed by atoms with E-state index in [4.69, 9.17) is 16.1 Å². The van der Waals surface area contributed by atoms with Crippen LogP contribution in [-0.2, 0) is 0 Å². The van der Waals surface area contributed by atoms with Crippen LogP contribution in [0.25, 0.3) is 11.3 Å². The second kappa shape index (κ2) is 7.97. The van der Waals surface area contributed by atoms with Crippen molar-refractivity contribution >= 4 is 39.1 Å². The number of benzene rings is 2. The lowest BCUT2D eigenvalue weighted by molar-refractivity contribution is 0.0745. The van der Waals surface area contributed by atoms with E-state index >= 15 is 0 Å². The lowest BCUT2D eigenvalue weighted by Crippen LogP contribution is -2.49. The molecule has 28 heavy (non-hydrogen) atoms. The lowest BCUT2D eigenvalue weighted by Gasteiger charge is -2.36. The summed E-state index contributed by atoms with van der Waals surface area (Å²) in [6, 6.07) is 15.5. The van der Waals surface area contributed by atoms with Crippen LogP contribution in [0, 0.1) is 6.92 Å². The Morgan fingerprint density at radius 1 is 1.04 bits per heavy atom. The van der Waals surface area contributed by atoms with E-state index in [2.05, 4.69) is 26.0 Å². The molecule has 0 saturated carbocycles. The molecule has 1 saturated heterocycles. The van der Waals surface area contributed by atoms with Crippen LogP contribution in [0.3, 0.4) is 0 Å². The van der Waals surface area contributed by atoms with Gasteiger partial charge in [0.2, 0.25) is 0 Å². The summed E-state index contributed by atoms with van der Waals surface area (Å²) >= 11 is 9.40. The van der Waals surface area contributed by atoms with Gasteiger partial charge in [0.1, 0.15) is 17.0 Å². The third kappa shape index (κ3) is 3.80. The molecule has 0 atom stereocenters. The molecule has 1 aliphatic heterocycles. The first kappa shape index (κ1) is 19.0. The summed E-state index contributed by atoms with van der Waals surface area (Å²) in [6.45, 7) is 4.61. The smallest absolute Gasteiger partial charge is 0.259 e. The molecule has 1 fully saturated rings. The van der Waals surface area contributed by atoms with E-state index in [9.17, 15) is 4.79 Å². The van der Waals surface area contributed by atoms with E-state index in [-0.39, 0.29) is 5.91 Å². The molecular weight excluding hydrogens is 442 g/mol. The van der Waals surface area contributed by atoms with Gasteiger partial charge in [-0.1, -0.05) is 44.8 Å². The van der Waals surface area contributed by atoms with Crippen molar-refractivity contribution in [3.05, 3.63) is 69.3 Å². The molecule has 3 aromatic rings. The van der Waals surface area contributed by atoms with Crippen LogP contribution in [0.2, 0.25) is 5.02 Å². The van der Waals surface area contributed by atoms with Crippen LogP contribution in [0.15, 0.2) is 57.5 Å². The number of halogens is 2. The van der Waals surface area contributed by atoms with Crippen molar-refractivity contribution in [3.63, 3.8) is 0 Å². The largest absolute Gasteiger partial charge is 0.368 e. The fourth-order valence-electron chi connectivity index (χ4n) is 3.41. The van der Waals surface area contributed by atoms with Gasteiger partial charge in [-0.2, -0.15) is 0 Å². The third-order valence-corrected chi connectivity index (χ3v) is 5.73. The summed E-state index contributed by atoms with van der Waals surface area (Å²) in [7, 11) is 0. The second-order valence-corrected chi connectivity index (χ2v) is 8.08. The Morgan fingerprint density at radius 3 is 2.32 bits per heavy atom. The van der Waals surface area contributed by atoms with Crippen molar-refractivity contribution in [1.82, 2.24) is 10.1 Å². The van der Waals surface area contributed by atoms with Crippen molar-refractivity contribution in [2.45, 2.75) is 6.92 Å². The molecule has 4 rings (SSSR count). The summed E-state index contributed by atoms with van der Waals surface area (Å²) in [4.78, 5) is 17.3. The van der Waals surface area contributed by atoms with Crippen molar-refractivity contribution in [3.8, 4) is 11.3 Å². The molecule has 1 aliphatic rings. The molecule has 0 radical (unpaired) electrons. The maximum Gasteiger partial charge on any atom is 0.259 e. The standard InChI is InChI=1S/C21H19BrClN3O2/c1-14-19(20(24-28-14)15-2-4-16(22)5-3-15)21(27)26-12-10-25(11-13-26)18-8-6-17(23)7-9-18/h2-9H,10-13H2,1H3. The average molecular weight is 461 g/mol. The highest BCUT2D eigenvalue weighted by Gasteiger charge is 2.28. The fraction of sp³-hybridized carbons (Fsp3) is 0.238. The topological polar surface area (TPSA) is 49.6 Å². The van der Waals surface area contributed by atoms with E-state index in [0.717, 1.165) is 33.8 Å². The zero-order chi connectivity index (χ0) is 19.7. The maximum absolute atomic E-state index is 13.2. The predicted octanol–water partition coefficient (Wildman–Crippen LogP) is 5.03. The monoisotopic (exact) mass is 459 g/mol. The number of aryl methyl sites for hydroxylation is 1. The number of rotatable bonds is 3. The summed E-state index contributed by atoms with van der Waals surface area (Å²) in [5, 5.41) is 4.86. The number of carbonyl (C=O) groups is 1. The molecule has 0 unspecified atom stereocenters. The zero-order valence-electron chi connectivity index (χ0n) is 15.4. The Bertz CT molecular complexity index is 978. The Labute approximate surface area is 177 Å². The molecule has 0 aliphatic carbocycles. The van der Waals surface area contributed by atoms with E-state index in [1.165, 1.54) is 0 Å². The minimum absolute atomic E-state index is 0.0348. The number of nitrogens with zero attached hydrogens (tertiary/aromatic N) is 3. The maximum atomic E-state index is 13.2. The van der Waals surface area contributed by atoms with Crippen LogP contribution >= 0.6 is 27.5 Å². The highest BCUT2D eigenvalue weighted by atomic mass is 79.9. The van der Waals surface area contributed by atoms with Crippen molar-refractivity contribution in [1.29, 1.82) is 0 Å². The van der Waals surface area contributed by atoms with Crippen LogP contribution in [0.1, 0.15) is 16.1 Å². The molecule has 0 bridgehead atoms. The Kier molecular flexibility index (Phi) is 5.42. The highest BCUT2D eigenvalue weighted by Crippen LogP contribution is 2.28. The predicted molar refractivity (Wildman–Crippen MR) is 114 cm³/mol. The molecule has 1 amide bonds. The fourth-order valence-corrected chi connectivity index (χ4v) is 3.80. The van der Waals surface area contributed by atoms with Crippen LogP contribution in [-0.4, -0.2) is 42.1 Å². The van der Waals surface area contributed by atoms with Gasteiger partial charge in [0.25, 0.3) is 5.91 Å². The van der Waals surface area contributed by atoms with Gasteiger partial charge in [0, 0.05) is 46.9 Å². The van der Waals surface area contributed by atoms with Crippen LogP contribution in [0.4, 0.5) is 5.69 Å². The van der Waals surface area contributed by atoms with Gasteiger partial charge in [-0.3, -0.25) is 4.79 Å². The van der Waals surface area contributed by atoms with Crippen molar-refractivity contribution < 1.29 is 9.32 Å². The number of carbonyl (C=O) groups excluding carboxylic acids is 1. The summed E-state index contributed by atoms with van der Waals surface area (Å²) in [5.74, 6) is 0.510. The quantitative estimate of drug-likeness (QED) is 0.550. The summed E-state index contributed by atoms with van der Waals surface area (Å²) < 4.78 is 6.34. The number of anilines is 1. The Hall–Kier alpha value is -2.31. The molecule has 7 heteroatoms. The molecular formula is C21H19BrClN3O2. The zero-order valence-corrected chi connectivity index (χ0v) is 17.7. The minimum Gasteiger partial charge on any atom is -0.368 e. The molecule has 144 valence electrons. The molecule has 0 spiro atoms.